The number of likely N-dealkylation sites (tertiary alicyclic amines) is 1. The highest BCUT2D eigenvalue weighted by molar-refractivity contribution is 7.89. The standard InChI is InChI=1S/C27H27N3O7S/c1-26(2,25(32)37-18-21-13-7-4-8-14-21)29-19-27(24(29)31,17-20-11-5-3-6-12-20)28-38(35,36)23-16-10-9-15-22(23)30(33)34/h3-16,28H,17-19H2,1-2H3/t27-/m1/s1. The maximum Gasteiger partial charge on any atom is 0.331 e. The van der Waals surface area contributed by atoms with E-state index >= 15 is 0 Å². The van der Waals surface area contributed by atoms with E-state index in [1.807, 2.05) is 18.2 Å². The van der Waals surface area contributed by atoms with Crippen LogP contribution in [0.4, 0.5) is 5.69 Å². The molecule has 1 heterocycles. The van der Waals surface area contributed by atoms with Crippen molar-refractivity contribution in [3.8, 4) is 0 Å². The molecule has 0 aliphatic carbocycles. The molecular weight excluding hydrogens is 510 g/mol. The fourth-order valence-electron chi connectivity index (χ4n) is 4.37. The van der Waals surface area contributed by atoms with Crippen molar-refractivity contribution in [1.82, 2.24) is 9.62 Å². The van der Waals surface area contributed by atoms with Crippen molar-refractivity contribution < 1.29 is 27.7 Å². The first-order chi connectivity index (χ1) is 18.0. The number of para-hydroxylation sites is 1. The van der Waals surface area contributed by atoms with E-state index in [0.717, 1.165) is 17.7 Å². The van der Waals surface area contributed by atoms with Gasteiger partial charge >= 0.3 is 5.97 Å². The summed E-state index contributed by atoms with van der Waals surface area (Å²) in [5.74, 6) is -1.28. The Hall–Kier alpha value is -4.09. The molecule has 0 saturated carbocycles. The Morgan fingerprint density at radius 2 is 1.55 bits per heavy atom. The molecular formula is C27H27N3O7S. The molecule has 3 aromatic rings. The van der Waals surface area contributed by atoms with Gasteiger partial charge < -0.3 is 9.64 Å². The van der Waals surface area contributed by atoms with E-state index in [4.69, 9.17) is 4.74 Å². The van der Waals surface area contributed by atoms with E-state index in [1.165, 1.54) is 30.9 Å². The van der Waals surface area contributed by atoms with E-state index in [0.29, 0.717) is 5.56 Å². The zero-order valence-electron chi connectivity index (χ0n) is 20.9. The summed E-state index contributed by atoms with van der Waals surface area (Å²) >= 11 is 0. The molecule has 0 bridgehead atoms. The van der Waals surface area contributed by atoms with Gasteiger partial charge in [-0.3, -0.25) is 14.9 Å². The van der Waals surface area contributed by atoms with Gasteiger partial charge in [0.25, 0.3) is 5.69 Å². The quantitative estimate of drug-likeness (QED) is 0.181. The lowest BCUT2D eigenvalue weighted by molar-refractivity contribution is -0.387. The second kappa shape index (κ2) is 10.3. The van der Waals surface area contributed by atoms with Crippen molar-refractivity contribution in [2.45, 2.75) is 42.8 Å². The molecule has 1 atom stereocenters. The fraction of sp³-hybridized carbons (Fsp3) is 0.259. The number of β-lactam (4-membered cyclic amide) rings is 1. The molecule has 0 radical (unpaired) electrons. The van der Waals surface area contributed by atoms with Crippen molar-refractivity contribution in [2.75, 3.05) is 6.54 Å². The van der Waals surface area contributed by atoms with Gasteiger partial charge in [0.2, 0.25) is 15.9 Å². The Kier molecular flexibility index (Phi) is 7.34. The number of benzene rings is 3. The number of carbonyl (C=O) groups is 2. The largest absolute Gasteiger partial charge is 0.459 e. The lowest BCUT2D eigenvalue weighted by Gasteiger charge is -2.54. The summed E-state index contributed by atoms with van der Waals surface area (Å²) in [5, 5.41) is 11.5. The van der Waals surface area contributed by atoms with Crippen LogP contribution in [0, 0.1) is 10.1 Å². The molecule has 38 heavy (non-hydrogen) atoms. The summed E-state index contributed by atoms with van der Waals surface area (Å²) in [6.07, 6.45) is -0.0157. The average molecular weight is 538 g/mol. The number of ether oxygens (including phenoxy) is 1. The summed E-state index contributed by atoms with van der Waals surface area (Å²) in [6.45, 7) is 2.93. The number of hydrogen-bond donors (Lipinski definition) is 1. The number of amides is 1. The fourth-order valence-corrected chi connectivity index (χ4v) is 5.90. The van der Waals surface area contributed by atoms with Crippen LogP contribution in [0.2, 0.25) is 0 Å². The van der Waals surface area contributed by atoms with Crippen LogP contribution < -0.4 is 4.72 Å². The van der Waals surface area contributed by atoms with Crippen LogP contribution in [-0.4, -0.2) is 47.7 Å². The van der Waals surface area contributed by atoms with Gasteiger partial charge in [0.15, 0.2) is 4.90 Å². The smallest absolute Gasteiger partial charge is 0.331 e. The van der Waals surface area contributed by atoms with E-state index in [1.54, 1.807) is 42.5 Å². The van der Waals surface area contributed by atoms with Crippen molar-refractivity contribution in [2.24, 2.45) is 0 Å². The van der Waals surface area contributed by atoms with Crippen molar-refractivity contribution >= 4 is 27.6 Å². The van der Waals surface area contributed by atoms with Gasteiger partial charge in [-0.25, -0.2) is 13.2 Å². The summed E-state index contributed by atoms with van der Waals surface area (Å²) in [7, 11) is -4.50. The summed E-state index contributed by atoms with van der Waals surface area (Å²) in [5.41, 5.74) is -2.20. The predicted octanol–water partition coefficient (Wildman–Crippen LogP) is 3.22. The molecule has 1 saturated heterocycles. The Labute approximate surface area is 220 Å². The topological polar surface area (TPSA) is 136 Å². The highest BCUT2D eigenvalue weighted by atomic mass is 32.2. The Balaban J connectivity index is 1.61. The van der Waals surface area contributed by atoms with Gasteiger partial charge in [0.1, 0.15) is 17.7 Å². The molecule has 0 aromatic heterocycles. The van der Waals surface area contributed by atoms with Gasteiger partial charge in [-0.05, 0) is 31.0 Å². The first-order valence-corrected chi connectivity index (χ1v) is 13.3. The van der Waals surface area contributed by atoms with Crippen LogP contribution >= 0.6 is 0 Å². The van der Waals surface area contributed by atoms with E-state index in [2.05, 4.69) is 4.72 Å². The molecule has 0 spiro atoms. The molecule has 1 aliphatic heterocycles. The van der Waals surface area contributed by atoms with Gasteiger partial charge in [0, 0.05) is 12.5 Å². The van der Waals surface area contributed by atoms with Gasteiger partial charge in [-0.1, -0.05) is 72.8 Å². The molecule has 198 valence electrons. The number of rotatable bonds is 10. The van der Waals surface area contributed by atoms with Crippen LogP contribution in [0.15, 0.2) is 89.8 Å². The lowest BCUT2D eigenvalue weighted by atomic mass is 9.79. The Morgan fingerprint density at radius 3 is 2.13 bits per heavy atom. The van der Waals surface area contributed by atoms with Crippen molar-refractivity contribution in [3.63, 3.8) is 0 Å². The lowest BCUT2D eigenvalue weighted by Crippen LogP contribution is -2.79. The van der Waals surface area contributed by atoms with Gasteiger partial charge in [0.05, 0.1) is 11.5 Å². The summed E-state index contributed by atoms with van der Waals surface area (Å²) in [4.78, 5) is 38.1. The summed E-state index contributed by atoms with van der Waals surface area (Å²) < 4.78 is 34.6. The molecule has 11 heteroatoms. The molecule has 3 aromatic carbocycles. The zero-order valence-corrected chi connectivity index (χ0v) is 21.7. The van der Waals surface area contributed by atoms with Crippen LogP contribution in [-0.2, 0) is 37.4 Å². The van der Waals surface area contributed by atoms with E-state index in [9.17, 15) is 28.1 Å². The Morgan fingerprint density at radius 1 is 1.00 bits per heavy atom. The third kappa shape index (κ3) is 5.29. The van der Waals surface area contributed by atoms with Crippen molar-refractivity contribution in [1.29, 1.82) is 0 Å². The van der Waals surface area contributed by atoms with Crippen LogP contribution in [0.5, 0.6) is 0 Å². The van der Waals surface area contributed by atoms with Crippen LogP contribution in [0.25, 0.3) is 0 Å². The summed E-state index contributed by atoms with van der Waals surface area (Å²) in [6, 6.07) is 22.8. The monoisotopic (exact) mass is 537 g/mol. The number of sulfonamides is 1. The number of nitrogens with zero attached hydrogens (tertiary/aromatic N) is 2. The van der Waals surface area contributed by atoms with Crippen LogP contribution in [0.1, 0.15) is 25.0 Å². The number of nitro benzene ring substituents is 1. The predicted molar refractivity (Wildman–Crippen MR) is 138 cm³/mol. The second-order valence-electron chi connectivity index (χ2n) is 9.59. The number of carbonyl (C=O) groups excluding carboxylic acids is 2. The third-order valence-corrected chi connectivity index (χ3v) is 8.08. The first kappa shape index (κ1) is 27.0. The minimum atomic E-state index is -4.50. The van der Waals surface area contributed by atoms with Gasteiger partial charge in [-0.2, -0.15) is 4.72 Å². The molecule has 1 fully saturated rings. The maximum absolute atomic E-state index is 13.7. The average Bonchev–Trinajstić information content (AvgIpc) is 2.90. The number of nitro groups is 1. The molecule has 0 unspecified atom stereocenters. The minimum Gasteiger partial charge on any atom is -0.459 e. The normalized spacial score (nSPS) is 17.5. The molecule has 10 nitrogen and oxygen atoms in total. The third-order valence-electron chi connectivity index (χ3n) is 6.50. The molecule has 4 rings (SSSR count). The van der Waals surface area contributed by atoms with E-state index in [-0.39, 0.29) is 19.6 Å². The SMILES string of the molecule is CC(C)(C(=O)OCc1ccccc1)N1C[C@@](Cc2ccccc2)(NS(=O)(=O)c2ccccc2[N+](=O)[O-])C1=O. The van der Waals surface area contributed by atoms with Crippen molar-refractivity contribution in [3.05, 3.63) is 106 Å². The molecule has 1 N–H and O–H groups in total. The van der Waals surface area contributed by atoms with Crippen LogP contribution in [0.3, 0.4) is 0 Å². The first-order valence-electron chi connectivity index (χ1n) is 11.8. The van der Waals surface area contributed by atoms with Gasteiger partial charge in [-0.15, -0.1) is 0 Å². The highest BCUT2D eigenvalue weighted by Gasteiger charge is 2.60. The zero-order chi connectivity index (χ0) is 27.6. The minimum absolute atomic E-state index is 0.0157. The molecule has 1 amide bonds. The number of hydrogen-bond acceptors (Lipinski definition) is 7. The second-order valence-corrected chi connectivity index (χ2v) is 11.2. The maximum atomic E-state index is 13.7. The highest BCUT2D eigenvalue weighted by Crippen LogP contribution is 2.36. The number of nitrogens with one attached hydrogen (secondary N) is 1. The van der Waals surface area contributed by atoms with E-state index < -0.39 is 48.5 Å². The molecule has 1 aliphatic rings. The Bertz CT molecular complexity index is 1460. The number of esters is 1.